The number of halogens is 1. The van der Waals surface area contributed by atoms with Crippen LogP contribution in [0.1, 0.15) is 24.7 Å². The van der Waals surface area contributed by atoms with Crippen LogP contribution in [0.4, 0.5) is 5.69 Å². The van der Waals surface area contributed by atoms with E-state index in [0.29, 0.717) is 23.0 Å². The van der Waals surface area contributed by atoms with Crippen molar-refractivity contribution in [1.29, 1.82) is 0 Å². The summed E-state index contributed by atoms with van der Waals surface area (Å²) < 4.78 is 3.08. The van der Waals surface area contributed by atoms with Crippen molar-refractivity contribution >= 4 is 23.2 Å². The lowest BCUT2D eigenvalue weighted by molar-refractivity contribution is -0.385. The fraction of sp³-hybridized carbons (Fsp3) is 0.462. The summed E-state index contributed by atoms with van der Waals surface area (Å²) in [6.45, 7) is 4.70. The Balaban J connectivity index is 1.84. The SMILES string of the molecule is CCn1cc(Cl)c(CNC(=O)CCn2cc([N+](=O)[O-])c(C)n2)n1. The van der Waals surface area contributed by atoms with Crippen LogP contribution in [0.3, 0.4) is 0 Å². The average Bonchev–Trinajstić information content (AvgIpc) is 3.05. The van der Waals surface area contributed by atoms with Crippen molar-refractivity contribution in [1.82, 2.24) is 24.9 Å². The maximum absolute atomic E-state index is 11.8. The van der Waals surface area contributed by atoms with E-state index >= 15 is 0 Å². The molecule has 23 heavy (non-hydrogen) atoms. The monoisotopic (exact) mass is 340 g/mol. The minimum absolute atomic E-state index is 0.0534. The van der Waals surface area contributed by atoms with Crippen molar-refractivity contribution in [3.05, 3.63) is 38.9 Å². The Morgan fingerprint density at radius 1 is 1.39 bits per heavy atom. The third kappa shape index (κ3) is 4.28. The summed E-state index contributed by atoms with van der Waals surface area (Å²) in [7, 11) is 0. The normalized spacial score (nSPS) is 10.7. The van der Waals surface area contributed by atoms with Crippen LogP contribution >= 0.6 is 11.6 Å². The number of carbonyl (C=O) groups excluding carboxylic acids is 1. The number of nitro groups is 1. The molecule has 2 aromatic heterocycles. The van der Waals surface area contributed by atoms with Gasteiger partial charge in [0.1, 0.15) is 17.6 Å². The largest absolute Gasteiger partial charge is 0.350 e. The number of rotatable bonds is 7. The summed E-state index contributed by atoms with van der Waals surface area (Å²) in [6.07, 6.45) is 3.18. The van der Waals surface area contributed by atoms with E-state index in [4.69, 9.17) is 11.6 Å². The van der Waals surface area contributed by atoms with Crippen LogP contribution in [0.25, 0.3) is 0 Å². The number of amides is 1. The zero-order valence-corrected chi connectivity index (χ0v) is 13.6. The van der Waals surface area contributed by atoms with Crippen LogP contribution in [-0.2, 0) is 24.4 Å². The van der Waals surface area contributed by atoms with Gasteiger partial charge in [-0.1, -0.05) is 11.6 Å². The van der Waals surface area contributed by atoms with Crippen molar-refractivity contribution in [2.45, 2.75) is 39.9 Å². The van der Waals surface area contributed by atoms with Gasteiger partial charge in [0.2, 0.25) is 5.91 Å². The van der Waals surface area contributed by atoms with Crippen LogP contribution in [0.15, 0.2) is 12.4 Å². The van der Waals surface area contributed by atoms with Gasteiger partial charge in [-0.2, -0.15) is 10.2 Å². The first-order valence-corrected chi connectivity index (χ1v) is 7.45. The van der Waals surface area contributed by atoms with Gasteiger partial charge < -0.3 is 5.32 Å². The molecule has 0 fully saturated rings. The molecule has 0 bridgehead atoms. The average molecular weight is 341 g/mol. The number of nitrogens with zero attached hydrogens (tertiary/aromatic N) is 5. The molecule has 0 spiro atoms. The molecule has 0 saturated carbocycles. The van der Waals surface area contributed by atoms with E-state index in [1.54, 1.807) is 17.8 Å². The highest BCUT2D eigenvalue weighted by Crippen LogP contribution is 2.15. The Morgan fingerprint density at radius 2 is 2.13 bits per heavy atom. The molecule has 0 aliphatic heterocycles. The number of hydrogen-bond acceptors (Lipinski definition) is 5. The Labute approximate surface area is 137 Å². The molecule has 9 nitrogen and oxygen atoms in total. The van der Waals surface area contributed by atoms with E-state index in [1.807, 2.05) is 6.92 Å². The molecule has 0 atom stereocenters. The molecule has 0 aliphatic carbocycles. The summed E-state index contributed by atoms with van der Waals surface area (Å²) in [5.41, 5.74) is 0.877. The maximum atomic E-state index is 11.8. The predicted octanol–water partition coefficient (Wildman–Crippen LogP) is 1.68. The van der Waals surface area contributed by atoms with E-state index in [-0.39, 0.29) is 31.1 Å². The lowest BCUT2D eigenvalue weighted by Crippen LogP contribution is -2.24. The molecule has 2 rings (SSSR count). The molecule has 1 amide bonds. The molecule has 2 heterocycles. The summed E-state index contributed by atoms with van der Waals surface area (Å²) >= 11 is 6.02. The van der Waals surface area contributed by atoms with Crippen LogP contribution in [-0.4, -0.2) is 30.4 Å². The van der Waals surface area contributed by atoms with Gasteiger partial charge in [-0.3, -0.25) is 24.3 Å². The highest BCUT2D eigenvalue weighted by atomic mass is 35.5. The number of aryl methyl sites for hydroxylation is 3. The zero-order chi connectivity index (χ0) is 17.0. The number of hydrogen-bond donors (Lipinski definition) is 1. The van der Waals surface area contributed by atoms with Gasteiger partial charge in [-0.15, -0.1) is 0 Å². The standard InChI is InChI=1S/C13H17ClN6O3/c1-3-18-7-10(14)11(17-18)6-15-13(21)4-5-19-8-12(20(22)23)9(2)16-19/h7-8H,3-6H2,1-2H3,(H,15,21). The molecule has 124 valence electrons. The minimum atomic E-state index is -0.495. The van der Waals surface area contributed by atoms with Crippen molar-refractivity contribution < 1.29 is 9.72 Å². The van der Waals surface area contributed by atoms with E-state index in [0.717, 1.165) is 0 Å². The molecule has 2 aromatic rings. The Morgan fingerprint density at radius 3 is 2.70 bits per heavy atom. The smallest absolute Gasteiger partial charge is 0.309 e. The van der Waals surface area contributed by atoms with E-state index < -0.39 is 4.92 Å². The van der Waals surface area contributed by atoms with Gasteiger partial charge in [-0.25, -0.2) is 0 Å². The first-order valence-electron chi connectivity index (χ1n) is 7.07. The van der Waals surface area contributed by atoms with Gasteiger partial charge >= 0.3 is 5.69 Å². The predicted molar refractivity (Wildman–Crippen MR) is 83.0 cm³/mol. The molecule has 0 saturated heterocycles. The van der Waals surface area contributed by atoms with Crippen LogP contribution in [0.2, 0.25) is 5.02 Å². The zero-order valence-electron chi connectivity index (χ0n) is 12.8. The highest BCUT2D eigenvalue weighted by molar-refractivity contribution is 6.31. The van der Waals surface area contributed by atoms with Gasteiger partial charge in [0, 0.05) is 25.7 Å². The molecule has 0 unspecified atom stereocenters. The lowest BCUT2D eigenvalue weighted by atomic mass is 10.3. The summed E-state index contributed by atoms with van der Waals surface area (Å²) in [4.78, 5) is 22.1. The molecule has 0 radical (unpaired) electrons. The molecular weight excluding hydrogens is 324 g/mol. The van der Waals surface area contributed by atoms with Gasteiger partial charge in [-0.05, 0) is 13.8 Å². The highest BCUT2D eigenvalue weighted by Gasteiger charge is 2.15. The van der Waals surface area contributed by atoms with Crippen molar-refractivity contribution in [3.8, 4) is 0 Å². The van der Waals surface area contributed by atoms with E-state index in [2.05, 4.69) is 15.5 Å². The Bertz CT molecular complexity index is 723. The van der Waals surface area contributed by atoms with Crippen molar-refractivity contribution in [2.75, 3.05) is 0 Å². The first-order chi connectivity index (χ1) is 10.9. The van der Waals surface area contributed by atoms with Crippen molar-refractivity contribution in [2.24, 2.45) is 0 Å². The molecule has 0 aliphatic rings. The van der Waals surface area contributed by atoms with Gasteiger partial charge in [0.15, 0.2) is 0 Å². The lowest BCUT2D eigenvalue weighted by Gasteiger charge is -2.04. The topological polar surface area (TPSA) is 108 Å². The van der Waals surface area contributed by atoms with Gasteiger partial charge in [0.25, 0.3) is 0 Å². The van der Waals surface area contributed by atoms with Crippen LogP contribution in [0.5, 0.6) is 0 Å². The molecule has 1 N–H and O–H groups in total. The van der Waals surface area contributed by atoms with E-state index in [9.17, 15) is 14.9 Å². The van der Waals surface area contributed by atoms with Gasteiger partial charge in [0.05, 0.1) is 16.5 Å². The number of carbonyl (C=O) groups is 1. The fourth-order valence-electron chi connectivity index (χ4n) is 2.01. The van der Waals surface area contributed by atoms with E-state index in [1.165, 1.54) is 10.9 Å². The Kier molecular flexibility index (Phi) is 5.32. The van der Waals surface area contributed by atoms with Crippen molar-refractivity contribution in [3.63, 3.8) is 0 Å². The summed E-state index contributed by atoms with van der Waals surface area (Å²) in [6, 6.07) is 0. The van der Waals surface area contributed by atoms with Crippen LogP contribution < -0.4 is 5.32 Å². The quantitative estimate of drug-likeness (QED) is 0.609. The molecule has 10 heteroatoms. The number of aromatic nitrogens is 4. The second-order valence-corrected chi connectivity index (χ2v) is 5.33. The second-order valence-electron chi connectivity index (χ2n) is 4.93. The number of nitrogens with one attached hydrogen (secondary N) is 1. The fourth-order valence-corrected chi connectivity index (χ4v) is 2.22. The first kappa shape index (κ1) is 16.9. The summed E-state index contributed by atoms with van der Waals surface area (Å²) in [5.74, 6) is -0.206. The van der Waals surface area contributed by atoms with Crippen LogP contribution in [0, 0.1) is 17.0 Å². The molecule has 0 aromatic carbocycles. The third-order valence-corrected chi connectivity index (χ3v) is 3.57. The minimum Gasteiger partial charge on any atom is -0.350 e. The second kappa shape index (κ2) is 7.23. The third-order valence-electron chi connectivity index (χ3n) is 3.25. The summed E-state index contributed by atoms with van der Waals surface area (Å²) in [5, 5.41) is 22.2. The Hall–Kier alpha value is -2.42. The maximum Gasteiger partial charge on any atom is 0.309 e. The molecular formula is C13H17ClN6O3.